The third-order valence-electron chi connectivity index (χ3n) is 2.03. The number of nitrogen functional groups attached to an aromatic ring is 1. The van der Waals surface area contributed by atoms with Gasteiger partial charge in [0, 0.05) is 11.8 Å². The Hall–Kier alpha value is -1.78. The molecule has 0 aliphatic carbocycles. The summed E-state index contributed by atoms with van der Waals surface area (Å²) in [6.07, 6.45) is 0. The van der Waals surface area contributed by atoms with Crippen LogP contribution in [0, 0.1) is 11.2 Å². The number of halogens is 1. The Labute approximate surface area is 87.3 Å². The van der Waals surface area contributed by atoms with Crippen LogP contribution in [0.5, 0.6) is 11.5 Å². The Morgan fingerprint density at radius 2 is 2.00 bits per heavy atom. The molecule has 3 N–H and O–H groups in total. The fraction of sp³-hybridized carbons (Fsp3) is 0.300. The average Bonchev–Trinajstić information content (AvgIpc) is 2.16. The molecule has 0 aliphatic heterocycles. The van der Waals surface area contributed by atoms with Crippen LogP contribution in [-0.2, 0) is 0 Å². The molecule has 1 rings (SSSR count). The fourth-order valence-corrected chi connectivity index (χ4v) is 1.37. The molecule has 4 nitrogen and oxygen atoms in total. The molecule has 5 heteroatoms. The van der Waals surface area contributed by atoms with E-state index in [-0.39, 0.29) is 28.5 Å². The maximum Gasteiger partial charge on any atom is 0.184 e. The van der Waals surface area contributed by atoms with Gasteiger partial charge in [0.2, 0.25) is 0 Å². The highest BCUT2D eigenvalue weighted by atomic mass is 19.1. The van der Waals surface area contributed by atoms with Gasteiger partial charge in [-0.3, -0.25) is 0 Å². The normalized spacial score (nSPS) is 9.87. The lowest BCUT2D eigenvalue weighted by atomic mass is 10.1. The summed E-state index contributed by atoms with van der Waals surface area (Å²) in [7, 11) is 2.81. The highest BCUT2D eigenvalue weighted by molar-refractivity contribution is 6.02. The number of ether oxygens (including phenoxy) is 2. The Bertz CT molecular complexity index is 405. The first-order chi connectivity index (χ1) is 7.02. The minimum atomic E-state index is -0.586. The Morgan fingerprint density at radius 1 is 1.40 bits per heavy atom. The lowest BCUT2D eigenvalue weighted by molar-refractivity contribution is 0.354. The number of methoxy groups -OCH3 is 2. The van der Waals surface area contributed by atoms with Crippen LogP contribution >= 0.6 is 0 Å². The molecule has 0 saturated heterocycles. The molecule has 0 fully saturated rings. The van der Waals surface area contributed by atoms with Crippen molar-refractivity contribution in [3.8, 4) is 11.5 Å². The fourth-order valence-electron chi connectivity index (χ4n) is 1.37. The third kappa shape index (κ3) is 1.86. The van der Waals surface area contributed by atoms with E-state index >= 15 is 0 Å². The number of nitrogens with one attached hydrogen (secondary N) is 1. The quantitative estimate of drug-likeness (QED) is 0.593. The number of hydrogen-bond donors (Lipinski definition) is 2. The molecular weight excluding hydrogens is 199 g/mol. The predicted molar refractivity (Wildman–Crippen MR) is 56.4 cm³/mol. The highest BCUT2D eigenvalue weighted by Crippen LogP contribution is 2.37. The zero-order valence-corrected chi connectivity index (χ0v) is 8.85. The molecule has 0 atom stereocenters. The second-order valence-corrected chi connectivity index (χ2v) is 3.01. The van der Waals surface area contributed by atoms with E-state index in [2.05, 4.69) is 0 Å². The van der Waals surface area contributed by atoms with Gasteiger partial charge in [-0.15, -0.1) is 0 Å². The van der Waals surface area contributed by atoms with Crippen LogP contribution in [-0.4, -0.2) is 19.9 Å². The van der Waals surface area contributed by atoms with Crippen molar-refractivity contribution in [1.29, 1.82) is 5.41 Å². The van der Waals surface area contributed by atoms with E-state index in [4.69, 9.17) is 20.6 Å². The lowest BCUT2D eigenvalue weighted by Gasteiger charge is -2.14. The number of hydrogen-bond acceptors (Lipinski definition) is 4. The minimum Gasteiger partial charge on any atom is -0.493 e. The van der Waals surface area contributed by atoms with Crippen LogP contribution in [0.15, 0.2) is 6.07 Å². The number of benzene rings is 1. The van der Waals surface area contributed by atoms with Gasteiger partial charge in [0.05, 0.1) is 25.5 Å². The van der Waals surface area contributed by atoms with Gasteiger partial charge in [0.15, 0.2) is 11.5 Å². The van der Waals surface area contributed by atoms with E-state index in [9.17, 15) is 4.39 Å². The van der Waals surface area contributed by atoms with E-state index < -0.39 is 5.82 Å². The molecule has 82 valence electrons. The Morgan fingerprint density at radius 3 is 2.40 bits per heavy atom. The maximum absolute atomic E-state index is 13.5. The van der Waals surface area contributed by atoms with Gasteiger partial charge in [-0.2, -0.15) is 0 Å². The Kier molecular flexibility index (Phi) is 3.14. The van der Waals surface area contributed by atoms with Gasteiger partial charge < -0.3 is 20.6 Å². The summed E-state index contributed by atoms with van der Waals surface area (Å²) in [5, 5.41) is 7.40. The molecular formula is C10H13FN2O2. The smallest absolute Gasteiger partial charge is 0.184 e. The van der Waals surface area contributed by atoms with Crippen LogP contribution in [0.25, 0.3) is 0 Å². The summed E-state index contributed by atoms with van der Waals surface area (Å²) < 4.78 is 23.4. The van der Waals surface area contributed by atoms with Crippen molar-refractivity contribution in [3.05, 3.63) is 17.4 Å². The summed E-state index contributed by atoms with van der Waals surface area (Å²) in [6.45, 7) is 1.46. The van der Waals surface area contributed by atoms with Crippen LogP contribution in [0.2, 0.25) is 0 Å². The number of anilines is 1. The SMILES string of the molecule is COc1cc(F)c(C(C)=N)c(N)c1OC. The van der Waals surface area contributed by atoms with Crippen molar-refractivity contribution < 1.29 is 13.9 Å². The monoisotopic (exact) mass is 212 g/mol. The standard InChI is InChI=1S/C10H13FN2O2/c1-5(12)8-6(11)4-7(14-2)10(15-3)9(8)13/h4,12H,13H2,1-3H3. The summed E-state index contributed by atoms with van der Waals surface area (Å²) in [5.74, 6) is -0.115. The molecule has 0 heterocycles. The first kappa shape index (κ1) is 11.3. The van der Waals surface area contributed by atoms with Gasteiger partial charge in [-0.05, 0) is 6.92 Å². The molecule has 1 aromatic carbocycles. The van der Waals surface area contributed by atoms with Crippen molar-refractivity contribution >= 4 is 11.4 Å². The third-order valence-corrected chi connectivity index (χ3v) is 2.03. The molecule has 0 saturated carbocycles. The van der Waals surface area contributed by atoms with Crippen molar-refractivity contribution in [3.63, 3.8) is 0 Å². The molecule has 15 heavy (non-hydrogen) atoms. The van der Waals surface area contributed by atoms with Crippen molar-refractivity contribution in [2.45, 2.75) is 6.92 Å². The lowest BCUT2D eigenvalue weighted by Crippen LogP contribution is -2.07. The molecule has 0 spiro atoms. The van der Waals surface area contributed by atoms with E-state index in [1.165, 1.54) is 21.1 Å². The van der Waals surface area contributed by atoms with Crippen LogP contribution in [0.1, 0.15) is 12.5 Å². The molecule has 1 aromatic rings. The summed E-state index contributed by atoms with van der Waals surface area (Å²) in [5.41, 5.74) is 5.87. The van der Waals surface area contributed by atoms with Crippen molar-refractivity contribution in [2.75, 3.05) is 20.0 Å². The zero-order valence-electron chi connectivity index (χ0n) is 8.85. The van der Waals surface area contributed by atoms with E-state index in [1.807, 2.05) is 0 Å². The molecule has 0 radical (unpaired) electrons. The molecule has 0 aromatic heterocycles. The van der Waals surface area contributed by atoms with Crippen LogP contribution in [0.3, 0.4) is 0 Å². The molecule has 0 unspecified atom stereocenters. The molecule has 0 amide bonds. The largest absolute Gasteiger partial charge is 0.493 e. The van der Waals surface area contributed by atoms with Crippen LogP contribution in [0.4, 0.5) is 10.1 Å². The molecule has 0 aliphatic rings. The Balaban J connectivity index is 3.51. The maximum atomic E-state index is 13.5. The second kappa shape index (κ2) is 4.16. The van der Waals surface area contributed by atoms with Gasteiger partial charge in [0.1, 0.15) is 5.82 Å². The van der Waals surface area contributed by atoms with Gasteiger partial charge in [-0.25, -0.2) is 4.39 Å². The molecule has 0 bridgehead atoms. The van der Waals surface area contributed by atoms with E-state index in [1.54, 1.807) is 0 Å². The number of nitrogens with two attached hydrogens (primary N) is 1. The van der Waals surface area contributed by atoms with Gasteiger partial charge in [-0.1, -0.05) is 0 Å². The zero-order chi connectivity index (χ0) is 11.6. The summed E-state index contributed by atoms with van der Waals surface area (Å²) >= 11 is 0. The summed E-state index contributed by atoms with van der Waals surface area (Å²) in [4.78, 5) is 0. The van der Waals surface area contributed by atoms with E-state index in [0.717, 1.165) is 6.07 Å². The minimum absolute atomic E-state index is 0.0472. The highest BCUT2D eigenvalue weighted by Gasteiger charge is 2.18. The van der Waals surface area contributed by atoms with Gasteiger partial charge >= 0.3 is 0 Å². The predicted octanol–water partition coefficient (Wildman–Crippen LogP) is 1.81. The van der Waals surface area contributed by atoms with Crippen LogP contribution < -0.4 is 15.2 Å². The van der Waals surface area contributed by atoms with E-state index in [0.29, 0.717) is 0 Å². The van der Waals surface area contributed by atoms with Crippen molar-refractivity contribution in [1.82, 2.24) is 0 Å². The van der Waals surface area contributed by atoms with Crippen molar-refractivity contribution in [2.24, 2.45) is 0 Å². The average molecular weight is 212 g/mol. The topological polar surface area (TPSA) is 68.3 Å². The van der Waals surface area contributed by atoms with Gasteiger partial charge in [0.25, 0.3) is 0 Å². The first-order valence-electron chi connectivity index (χ1n) is 4.28. The second-order valence-electron chi connectivity index (χ2n) is 3.01. The number of rotatable bonds is 3. The summed E-state index contributed by atoms with van der Waals surface area (Å²) in [6, 6.07) is 1.16. The first-order valence-corrected chi connectivity index (χ1v) is 4.28.